The number of carbonyl (C=O) groups is 2. The number of halogens is 4. The van der Waals surface area contributed by atoms with Gasteiger partial charge in [0.05, 0.1) is 12.6 Å². The van der Waals surface area contributed by atoms with E-state index in [2.05, 4.69) is 25.3 Å². The highest BCUT2D eigenvalue weighted by Crippen LogP contribution is 2.32. The van der Waals surface area contributed by atoms with Gasteiger partial charge in [0, 0.05) is 32.2 Å². The Morgan fingerprint density at radius 3 is 2.53 bits per heavy atom. The number of likely N-dealkylation sites (tertiary alicyclic amines) is 1. The van der Waals surface area contributed by atoms with Gasteiger partial charge in [0.25, 0.3) is 11.8 Å². The van der Waals surface area contributed by atoms with Crippen LogP contribution in [0.3, 0.4) is 0 Å². The number of piperidine rings is 1. The SMILES string of the molecule is Cc1ccc(Nc2cc(OC(C)(F)F)ccn2)nc1C(=O)N1CC(F)(F)CC[C@@H]1CNC(=O)OC(C)(C)C. The van der Waals surface area contributed by atoms with Gasteiger partial charge < -0.3 is 25.0 Å². The van der Waals surface area contributed by atoms with Crippen LogP contribution in [0, 0.1) is 6.92 Å². The van der Waals surface area contributed by atoms with E-state index in [1.54, 1.807) is 33.8 Å². The Labute approximate surface area is 217 Å². The molecule has 2 N–H and O–H groups in total. The van der Waals surface area contributed by atoms with Crippen molar-refractivity contribution in [3.05, 3.63) is 41.7 Å². The maximum absolute atomic E-state index is 14.3. The van der Waals surface area contributed by atoms with Crippen molar-refractivity contribution in [2.45, 2.75) is 71.1 Å². The van der Waals surface area contributed by atoms with E-state index in [0.29, 0.717) is 12.5 Å². The minimum atomic E-state index is -3.40. The summed E-state index contributed by atoms with van der Waals surface area (Å²) in [6, 6.07) is 4.87. The average Bonchev–Trinajstić information content (AvgIpc) is 2.76. The number of pyridine rings is 2. The lowest BCUT2D eigenvalue weighted by Crippen LogP contribution is -2.55. The Bertz CT molecular complexity index is 1170. The normalized spacial score (nSPS) is 17.5. The van der Waals surface area contributed by atoms with E-state index in [1.807, 2.05) is 0 Å². The van der Waals surface area contributed by atoms with Gasteiger partial charge >= 0.3 is 12.2 Å². The first-order valence-electron chi connectivity index (χ1n) is 11.9. The molecule has 0 unspecified atom stereocenters. The summed E-state index contributed by atoms with van der Waals surface area (Å²) in [5.74, 6) is -3.73. The number of ether oxygens (including phenoxy) is 2. The molecule has 0 spiro atoms. The summed E-state index contributed by atoms with van der Waals surface area (Å²) in [7, 11) is 0. The molecule has 13 heteroatoms. The molecule has 1 fully saturated rings. The Kier molecular flexibility index (Phi) is 8.37. The highest BCUT2D eigenvalue weighted by Gasteiger charge is 2.43. The largest absolute Gasteiger partial charge is 0.444 e. The van der Waals surface area contributed by atoms with Gasteiger partial charge in [-0.1, -0.05) is 6.07 Å². The van der Waals surface area contributed by atoms with Crippen LogP contribution in [0.25, 0.3) is 0 Å². The summed E-state index contributed by atoms with van der Waals surface area (Å²) in [5, 5.41) is 5.35. The van der Waals surface area contributed by atoms with E-state index < -0.39 is 48.6 Å². The monoisotopic (exact) mass is 541 g/mol. The molecule has 0 aliphatic carbocycles. The molecule has 0 radical (unpaired) electrons. The van der Waals surface area contributed by atoms with Crippen LogP contribution in [-0.4, -0.2) is 63.6 Å². The van der Waals surface area contributed by atoms with Crippen LogP contribution >= 0.6 is 0 Å². The molecule has 0 saturated carbocycles. The maximum Gasteiger partial charge on any atom is 0.407 e. The van der Waals surface area contributed by atoms with Crippen molar-refractivity contribution in [1.29, 1.82) is 0 Å². The van der Waals surface area contributed by atoms with Crippen molar-refractivity contribution in [2.75, 3.05) is 18.4 Å². The van der Waals surface area contributed by atoms with Gasteiger partial charge in [0.2, 0.25) is 0 Å². The zero-order valence-corrected chi connectivity index (χ0v) is 21.8. The Morgan fingerprint density at radius 1 is 1.16 bits per heavy atom. The number of aryl methyl sites for hydroxylation is 1. The van der Waals surface area contributed by atoms with Crippen LogP contribution in [0.5, 0.6) is 5.75 Å². The summed E-state index contributed by atoms with van der Waals surface area (Å²) >= 11 is 0. The van der Waals surface area contributed by atoms with Crippen molar-refractivity contribution in [1.82, 2.24) is 20.2 Å². The number of rotatable bonds is 7. The van der Waals surface area contributed by atoms with Crippen molar-refractivity contribution in [3.8, 4) is 5.75 Å². The van der Waals surface area contributed by atoms with E-state index in [4.69, 9.17) is 4.74 Å². The minimum absolute atomic E-state index is 0.0374. The van der Waals surface area contributed by atoms with Crippen molar-refractivity contribution >= 4 is 23.6 Å². The smallest absolute Gasteiger partial charge is 0.407 e. The summed E-state index contributed by atoms with van der Waals surface area (Å²) in [6.07, 6.45) is -3.34. The molecule has 9 nitrogen and oxygen atoms in total. The fraction of sp³-hybridized carbons (Fsp3) is 0.520. The Balaban J connectivity index is 1.80. The molecule has 208 valence electrons. The number of anilines is 2. The molecule has 38 heavy (non-hydrogen) atoms. The second kappa shape index (κ2) is 11.0. The van der Waals surface area contributed by atoms with Crippen molar-refractivity contribution in [2.24, 2.45) is 0 Å². The molecule has 2 aromatic heterocycles. The number of aromatic nitrogens is 2. The van der Waals surface area contributed by atoms with Crippen LogP contribution in [0.2, 0.25) is 0 Å². The zero-order valence-electron chi connectivity index (χ0n) is 21.8. The molecule has 2 aromatic rings. The first kappa shape index (κ1) is 28.9. The number of carbonyl (C=O) groups excluding carboxylic acids is 2. The first-order valence-corrected chi connectivity index (χ1v) is 11.9. The predicted molar refractivity (Wildman–Crippen MR) is 131 cm³/mol. The minimum Gasteiger partial charge on any atom is -0.444 e. The molecule has 0 bridgehead atoms. The maximum atomic E-state index is 14.3. The third-order valence-corrected chi connectivity index (χ3v) is 5.41. The topological polar surface area (TPSA) is 106 Å². The van der Waals surface area contributed by atoms with E-state index in [9.17, 15) is 27.2 Å². The van der Waals surface area contributed by atoms with Gasteiger partial charge in [-0.05, 0) is 51.8 Å². The molecular weight excluding hydrogens is 510 g/mol. The van der Waals surface area contributed by atoms with E-state index in [0.717, 1.165) is 4.90 Å². The molecule has 3 rings (SSSR count). The molecule has 0 aromatic carbocycles. The highest BCUT2D eigenvalue weighted by atomic mass is 19.3. The molecule has 1 aliphatic heterocycles. The van der Waals surface area contributed by atoms with Crippen molar-refractivity contribution in [3.63, 3.8) is 0 Å². The summed E-state index contributed by atoms with van der Waals surface area (Å²) in [6.45, 7) is 6.37. The highest BCUT2D eigenvalue weighted by molar-refractivity contribution is 5.94. The lowest BCUT2D eigenvalue weighted by Gasteiger charge is -2.39. The summed E-state index contributed by atoms with van der Waals surface area (Å²) in [4.78, 5) is 34.9. The lowest BCUT2D eigenvalue weighted by molar-refractivity contribution is -0.158. The first-order chi connectivity index (χ1) is 17.5. The van der Waals surface area contributed by atoms with Crippen LogP contribution in [0.1, 0.15) is 56.6 Å². The number of nitrogens with zero attached hydrogens (tertiary/aromatic N) is 3. The number of nitrogens with one attached hydrogen (secondary N) is 2. The fourth-order valence-corrected chi connectivity index (χ4v) is 3.79. The third kappa shape index (κ3) is 8.45. The van der Waals surface area contributed by atoms with Gasteiger partial charge in [0.15, 0.2) is 0 Å². The zero-order chi connectivity index (χ0) is 28.3. The average molecular weight is 542 g/mol. The van der Waals surface area contributed by atoms with Crippen LogP contribution < -0.4 is 15.4 Å². The van der Waals surface area contributed by atoms with E-state index >= 15 is 0 Å². The van der Waals surface area contributed by atoms with Gasteiger partial charge in [-0.3, -0.25) is 4.79 Å². The lowest BCUT2D eigenvalue weighted by atomic mass is 9.98. The number of alkyl carbamates (subject to hydrolysis) is 1. The number of amides is 2. The Hall–Kier alpha value is -3.64. The summed E-state index contributed by atoms with van der Waals surface area (Å²) < 4.78 is 64.8. The van der Waals surface area contributed by atoms with Gasteiger partial charge in [-0.2, -0.15) is 8.78 Å². The molecular formula is C25H31F4N5O4. The predicted octanol–water partition coefficient (Wildman–Crippen LogP) is 5.28. The van der Waals surface area contributed by atoms with Crippen molar-refractivity contribution < 1.29 is 36.6 Å². The number of alkyl halides is 4. The fourth-order valence-electron chi connectivity index (χ4n) is 3.79. The van der Waals surface area contributed by atoms with Crippen LogP contribution in [-0.2, 0) is 4.74 Å². The second-order valence-corrected chi connectivity index (χ2v) is 10.1. The molecule has 1 aliphatic rings. The quantitative estimate of drug-likeness (QED) is 0.459. The number of hydrogen-bond donors (Lipinski definition) is 2. The van der Waals surface area contributed by atoms with E-state index in [1.165, 1.54) is 24.4 Å². The van der Waals surface area contributed by atoms with Gasteiger partial charge in [-0.25, -0.2) is 23.5 Å². The number of hydrogen-bond acceptors (Lipinski definition) is 7. The molecule has 1 atom stereocenters. The van der Waals surface area contributed by atoms with Crippen LogP contribution in [0.4, 0.5) is 34.0 Å². The standard InChI is InChI=1S/C25H31F4N5O4/c1-15-6-7-18(32-19-12-17(9-11-30-19)37-24(5,26)27)33-20(15)21(35)34-14-25(28,29)10-8-16(34)13-31-22(36)38-23(2,3)4/h6-7,9,11-12,16H,8,10,13-14H2,1-5H3,(H,31,36)(H,30,32,33)/t16-/m1/s1. The molecule has 2 amide bonds. The van der Waals surface area contributed by atoms with E-state index in [-0.39, 0.29) is 36.0 Å². The Morgan fingerprint density at radius 2 is 1.87 bits per heavy atom. The van der Waals surface area contributed by atoms with Crippen LogP contribution in [0.15, 0.2) is 30.5 Å². The van der Waals surface area contributed by atoms with Gasteiger partial charge in [-0.15, -0.1) is 0 Å². The third-order valence-electron chi connectivity index (χ3n) is 5.41. The second-order valence-electron chi connectivity index (χ2n) is 10.1. The molecule has 3 heterocycles. The van der Waals surface area contributed by atoms with Gasteiger partial charge in [0.1, 0.15) is 28.7 Å². The summed E-state index contributed by atoms with van der Waals surface area (Å²) in [5.41, 5.74) is -0.391. The molecule has 1 saturated heterocycles.